The molecule has 16 heavy (non-hydrogen) atoms. The maximum atomic E-state index is 11.8. The number of hydrogen-bond acceptors (Lipinski definition) is 2. The van der Waals surface area contributed by atoms with E-state index in [1.54, 1.807) is 19.1 Å². The Labute approximate surface area is 90.7 Å². The molecule has 3 nitrogen and oxygen atoms in total. The number of nitrogens with one attached hydrogen (secondary N) is 1. The number of rotatable bonds is 3. The van der Waals surface area contributed by atoms with Gasteiger partial charge >= 0.3 is 6.18 Å². The second-order valence-electron chi connectivity index (χ2n) is 3.38. The Morgan fingerprint density at radius 3 is 2.62 bits per heavy atom. The molecule has 0 fully saturated rings. The average molecular weight is 232 g/mol. The molecular weight excluding hydrogens is 221 g/mol. The first-order valence-corrected chi connectivity index (χ1v) is 4.62. The molecule has 1 rings (SSSR count). The Morgan fingerprint density at radius 1 is 1.44 bits per heavy atom. The maximum Gasteiger partial charge on any atom is 0.397 e. The van der Waals surface area contributed by atoms with Crippen LogP contribution in [0.5, 0.6) is 0 Å². The molecule has 6 heteroatoms. The lowest BCUT2D eigenvalue weighted by Crippen LogP contribution is -2.28. The van der Waals surface area contributed by atoms with Gasteiger partial charge in [0.2, 0.25) is 5.91 Å². The number of hydrogen-bond donors (Lipinski definition) is 1. The van der Waals surface area contributed by atoms with Gasteiger partial charge in [-0.15, -0.1) is 0 Å². The zero-order valence-corrected chi connectivity index (χ0v) is 8.64. The lowest BCUT2D eigenvalue weighted by Gasteiger charge is -2.07. The van der Waals surface area contributed by atoms with E-state index in [0.29, 0.717) is 5.56 Å². The van der Waals surface area contributed by atoms with Crippen LogP contribution in [-0.2, 0) is 11.3 Å². The molecule has 1 heterocycles. The third-order valence-corrected chi connectivity index (χ3v) is 1.82. The standard InChI is InChI=1S/C10H11F3N2O/c1-7-2-3-8(5-14-7)6-15-9(16)4-10(11,12)13/h2-3,5H,4,6H2,1H3,(H,15,16). The highest BCUT2D eigenvalue weighted by atomic mass is 19.4. The fraction of sp³-hybridized carbons (Fsp3) is 0.400. The summed E-state index contributed by atoms with van der Waals surface area (Å²) in [5, 5.41) is 2.18. The second-order valence-corrected chi connectivity index (χ2v) is 3.38. The molecule has 0 saturated carbocycles. The summed E-state index contributed by atoms with van der Waals surface area (Å²) in [4.78, 5) is 14.8. The van der Waals surface area contributed by atoms with Crippen molar-refractivity contribution in [2.75, 3.05) is 0 Å². The van der Waals surface area contributed by atoms with Crippen LogP contribution < -0.4 is 5.32 Å². The lowest BCUT2D eigenvalue weighted by atomic mass is 10.2. The maximum absolute atomic E-state index is 11.8. The van der Waals surface area contributed by atoms with Crippen LogP contribution in [0.2, 0.25) is 0 Å². The Bertz CT molecular complexity index is 359. The van der Waals surface area contributed by atoms with Crippen LogP contribution in [0, 0.1) is 6.92 Å². The van der Waals surface area contributed by atoms with E-state index in [1.807, 2.05) is 0 Å². The monoisotopic (exact) mass is 232 g/mol. The van der Waals surface area contributed by atoms with Gasteiger partial charge in [-0.1, -0.05) is 6.07 Å². The topological polar surface area (TPSA) is 42.0 Å². The predicted octanol–water partition coefficient (Wildman–Crippen LogP) is 1.96. The molecule has 0 aliphatic heterocycles. The summed E-state index contributed by atoms with van der Waals surface area (Å²) in [6, 6.07) is 3.43. The number of carbonyl (C=O) groups excluding carboxylic acids is 1. The minimum atomic E-state index is -4.46. The highest BCUT2D eigenvalue weighted by Gasteiger charge is 2.30. The van der Waals surface area contributed by atoms with Crippen LogP contribution in [0.15, 0.2) is 18.3 Å². The van der Waals surface area contributed by atoms with E-state index in [9.17, 15) is 18.0 Å². The predicted molar refractivity (Wildman–Crippen MR) is 51.5 cm³/mol. The SMILES string of the molecule is Cc1ccc(CNC(=O)CC(F)(F)F)cn1. The Kier molecular flexibility index (Phi) is 3.87. The molecule has 1 aromatic heterocycles. The fourth-order valence-electron chi connectivity index (χ4n) is 1.05. The largest absolute Gasteiger partial charge is 0.397 e. The number of amides is 1. The van der Waals surface area contributed by atoms with Crippen molar-refractivity contribution in [3.63, 3.8) is 0 Å². The number of halogens is 3. The van der Waals surface area contributed by atoms with Crippen molar-refractivity contribution in [3.8, 4) is 0 Å². The second kappa shape index (κ2) is 4.96. The Balaban J connectivity index is 2.40. The van der Waals surface area contributed by atoms with Crippen molar-refractivity contribution in [1.29, 1.82) is 0 Å². The zero-order chi connectivity index (χ0) is 12.2. The number of nitrogens with zero attached hydrogens (tertiary/aromatic N) is 1. The van der Waals surface area contributed by atoms with Crippen LogP contribution in [0.25, 0.3) is 0 Å². The number of carbonyl (C=O) groups is 1. The van der Waals surface area contributed by atoms with E-state index in [2.05, 4.69) is 10.3 Å². The van der Waals surface area contributed by atoms with Crippen LogP contribution in [-0.4, -0.2) is 17.1 Å². The van der Waals surface area contributed by atoms with Gasteiger partial charge in [-0.3, -0.25) is 9.78 Å². The Morgan fingerprint density at radius 2 is 2.12 bits per heavy atom. The molecule has 0 saturated heterocycles. The van der Waals surface area contributed by atoms with E-state index in [4.69, 9.17) is 0 Å². The highest BCUT2D eigenvalue weighted by Crippen LogP contribution is 2.18. The van der Waals surface area contributed by atoms with Gasteiger partial charge in [0, 0.05) is 18.4 Å². The molecular formula is C10H11F3N2O. The first kappa shape index (κ1) is 12.5. The van der Waals surface area contributed by atoms with Crippen molar-refractivity contribution in [1.82, 2.24) is 10.3 Å². The van der Waals surface area contributed by atoms with Crippen molar-refractivity contribution in [3.05, 3.63) is 29.6 Å². The van der Waals surface area contributed by atoms with Crippen LogP contribution in [0.4, 0.5) is 13.2 Å². The number of aromatic nitrogens is 1. The summed E-state index contributed by atoms with van der Waals surface area (Å²) < 4.78 is 35.4. The highest BCUT2D eigenvalue weighted by molar-refractivity contribution is 5.76. The van der Waals surface area contributed by atoms with E-state index in [0.717, 1.165) is 5.69 Å². The van der Waals surface area contributed by atoms with Gasteiger partial charge in [0.05, 0.1) is 0 Å². The van der Waals surface area contributed by atoms with Gasteiger partial charge in [-0.25, -0.2) is 0 Å². The smallest absolute Gasteiger partial charge is 0.352 e. The van der Waals surface area contributed by atoms with Gasteiger partial charge in [0.15, 0.2) is 0 Å². The van der Waals surface area contributed by atoms with Gasteiger partial charge in [0.1, 0.15) is 6.42 Å². The van der Waals surface area contributed by atoms with Gasteiger partial charge < -0.3 is 5.32 Å². The Hall–Kier alpha value is -1.59. The summed E-state index contributed by atoms with van der Waals surface area (Å²) >= 11 is 0. The summed E-state index contributed by atoms with van der Waals surface area (Å²) in [5.74, 6) is -1.03. The number of pyridine rings is 1. The summed E-state index contributed by atoms with van der Waals surface area (Å²) in [5.41, 5.74) is 1.48. The zero-order valence-electron chi connectivity index (χ0n) is 8.64. The fourth-order valence-corrected chi connectivity index (χ4v) is 1.05. The molecule has 0 unspecified atom stereocenters. The van der Waals surface area contributed by atoms with E-state index in [1.165, 1.54) is 6.20 Å². The number of alkyl halides is 3. The van der Waals surface area contributed by atoms with Crippen molar-refractivity contribution >= 4 is 5.91 Å². The molecule has 0 atom stereocenters. The molecule has 1 aromatic rings. The minimum Gasteiger partial charge on any atom is -0.352 e. The lowest BCUT2D eigenvalue weighted by molar-refractivity contribution is -0.153. The van der Waals surface area contributed by atoms with E-state index < -0.39 is 18.5 Å². The average Bonchev–Trinajstić information content (AvgIpc) is 2.14. The van der Waals surface area contributed by atoms with E-state index >= 15 is 0 Å². The van der Waals surface area contributed by atoms with Crippen molar-refractivity contribution in [2.24, 2.45) is 0 Å². The van der Waals surface area contributed by atoms with Gasteiger partial charge in [0.25, 0.3) is 0 Å². The molecule has 88 valence electrons. The molecule has 1 amide bonds. The van der Waals surface area contributed by atoms with Crippen LogP contribution >= 0.6 is 0 Å². The third-order valence-electron chi connectivity index (χ3n) is 1.82. The molecule has 0 aliphatic carbocycles. The molecule has 0 bridgehead atoms. The summed E-state index contributed by atoms with van der Waals surface area (Å²) in [7, 11) is 0. The van der Waals surface area contributed by atoms with Gasteiger partial charge in [-0.2, -0.15) is 13.2 Å². The van der Waals surface area contributed by atoms with Crippen LogP contribution in [0.1, 0.15) is 17.7 Å². The van der Waals surface area contributed by atoms with Crippen LogP contribution in [0.3, 0.4) is 0 Å². The molecule has 0 aliphatic rings. The first-order chi connectivity index (χ1) is 7.37. The van der Waals surface area contributed by atoms with Crippen molar-refractivity contribution < 1.29 is 18.0 Å². The van der Waals surface area contributed by atoms with E-state index in [-0.39, 0.29) is 6.54 Å². The molecule has 0 aromatic carbocycles. The third kappa shape index (κ3) is 4.77. The number of aryl methyl sites for hydroxylation is 1. The quantitative estimate of drug-likeness (QED) is 0.865. The van der Waals surface area contributed by atoms with Gasteiger partial charge in [-0.05, 0) is 18.6 Å². The molecule has 0 spiro atoms. The molecule has 0 radical (unpaired) electrons. The summed E-state index contributed by atoms with van der Waals surface area (Å²) in [6.45, 7) is 1.86. The summed E-state index contributed by atoms with van der Waals surface area (Å²) in [6.07, 6.45) is -4.40. The van der Waals surface area contributed by atoms with Crippen molar-refractivity contribution in [2.45, 2.75) is 26.1 Å². The normalized spacial score (nSPS) is 11.2. The minimum absolute atomic E-state index is 0.0577. The molecule has 1 N–H and O–H groups in total. The first-order valence-electron chi connectivity index (χ1n) is 4.62.